The number of hydrogen-bond donors (Lipinski definition) is 3. The lowest BCUT2D eigenvalue weighted by atomic mass is 10.1. The van der Waals surface area contributed by atoms with Crippen molar-refractivity contribution in [3.8, 4) is 5.75 Å². The highest BCUT2D eigenvalue weighted by Gasteiger charge is 2.15. The molecule has 7 heteroatoms. The fourth-order valence-corrected chi connectivity index (χ4v) is 2.56. The zero-order valence-electron chi connectivity index (χ0n) is 14.1. The number of carbonyl (C=O) groups is 2. The van der Waals surface area contributed by atoms with Gasteiger partial charge >= 0.3 is 0 Å². The van der Waals surface area contributed by atoms with E-state index in [4.69, 9.17) is 4.74 Å². The van der Waals surface area contributed by atoms with Crippen molar-refractivity contribution in [2.45, 2.75) is 13.8 Å². The van der Waals surface area contributed by atoms with Crippen molar-refractivity contribution >= 4 is 34.1 Å². The lowest BCUT2D eigenvalue weighted by molar-refractivity contribution is -0.114. The topological polar surface area (TPSA) is 96.1 Å². The second kappa shape index (κ2) is 6.64. The van der Waals surface area contributed by atoms with E-state index in [0.717, 1.165) is 16.5 Å². The van der Waals surface area contributed by atoms with Crippen LogP contribution in [0.2, 0.25) is 0 Å². The molecular weight excluding hydrogens is 320 g/mol. The van der Waals surface area contributed by atoms with Crippen molar-refractivity contribution in [3.63, 3.8) is 0 Å². The first-order valence-corrected chi connectivity index (χ1v) is 7.69. The van der Waals surface area contributed by atoms with Crippen molar-refractivity contribution < 1.29 is 14.3 Å². The molecule has 0 spiro atoms. The van der Waals surface area contributed by atoms with Gasteiger partial charge < -0.3 is 15.4 Å². The molecule has 0 bridgehead atoms. The standard InChI is InChI=1S/C18H18N4O3/c1-10-4-6-14-13(8-10)17(22-21-14)18(24)20-12-5-7-16(25-3)15(9-12)19-11(2)23/h4-9H,1-3H3,(H,19,23)(H,20,24)(H,21,22). The number of fused-ring (bicyclic) bond motifs is 1. The van der Waals surface area contributed by atoms with Crippen molar-refractivity contribution in [1.82, 2.24) is 10.2 Å². The van der Waals surface area contributed by atoms with E-state index >= 15 is 0 Å². The van der Waals surface area contributed by atoms with E-state index in [1.54, 1.807) is 18.2 Å². The lowest BCUT2D eigenvalue weighted by Crippen LogP contribution is -2.14. The van der Waals surface area contributed by atoms with Gasteiger partial charge in [-0.3, -0.25) is 14.7 Å². The molecule has 3 N–H and O–H groups in total. The van der Waals surface area contributed by atoms with Crippen LogP contribution in [0.4, 0.5) is 11.4 Å². The Morgan fingerprint density at radius 2 is 1.92 bits per heavy atom. The molecule has 1 heterocycles. The highest BCUT2D eigenvalue weighted by atomic mass is 16.5. The van der Waals surface area contributed by atoms with Crippen LogP contribution in [0, 0.1) is 6.92 Å². The van der Waals surface area contributed by atoms with Gasteiger partial charge in [0.05, 0.1) is 18.3 Å². The summed E-state index contributed by atoms with van der Waals surface area (Å²) >= 11 is 0. The number of carbonyl (C=O) groups excluding carboxylic acids is 2. The number of rotatable bonds is 4. The van der Waals surface area contributed by atoms with Gasteiger partial charge in [0.2, 0.25) is 5.91 Å². The number of aromatic amines is 1. The first-order valence-electron chi connectivity index (χ1n) is 7.69. The Kier molecular flexibility index (Phi) is 4.38. The average molecular weight is 338 g/mol. The van der Waals surface area contributed by atoms with Crippen LogP contribution in [-0.2, 0) is 4.79 Å². The molecule has 25 heavy (non-hydrogen) atoms. The second-order valence-corrected chi connectivity index (χ2v) is 5.67. The Bertz CT molecular complexity index is 962. The van der Waals surface area contributed by atoms with Crippen molar-refractivity contribution in [1.29, 1.82) is 0 Å². The Balaban J connectivity index is 1.89. The molecule has 0 aliphatic rings. The summed E-state index contributed by atoms with van der Waals surface area (Å²) in [7, 11) is 1.51. The highest BCUT2D eigenvalue weighted by Crippen LogP contribution is 2.28. The molecule has 0 aliphatic carbocycles. The van der Waals surface area contributed by atoms with E-state index in [1.807, 2.05) is 25.1 Å². The third kappa shape index (κ3) is 3.45. The van der Waals surface area contributed by atoms with Crippen molar-refractivity contribution in [2.75, 3.05) is 17.7 Å². The summed E-state index contributed by atoms with van der Waals surface area (Å²) in [6.07, 6.45) is 0. The Labute approximate surface area is 144 Å². The normalized spacial score (nSPS) is 10.5. The zero-order chi connectivity index (χ0) is 18.0. The number of aromatic nitrogens is 2. The third-order valence-electron chi connectivity index (χ3n) is 3.70. The monoisotopic (exact) mass is 338 g/mol. The summed E-state index contributed by atoms with van der Waals surface area (Å²) in [6.45, 7) is 3.36. The summed E-state index contributed by atoms with van der Waals surface area (Å²) in [4.78, 5) is 23.9. The minimum atomic E-state index is -0.337. The van der Waals surface area contributed by atoms with Gasteiger partial charge in [-0.05, 0) is 37.3 Å². The summed E-state index contributed by atoms with van der Waals surface area (Å²) in [5, 5.41) is 13.2. The minimum absolute atomic E-state index is 0.226. The largest absolute Gasteiger partial charge is 0.495 e. The smallest absolute Gasteiger partial charge is 0.276 e. The molecule has 3 rings (SSSR count). The molecular formula is C18H18N4O3. The van der Waals surface area contributed by atoms with Gasteiger partial charge in [-0.2, -0.15) is 5.10 Å². The fourth-order valence-electron chi connectivity index (χ4n) is 2.56. The van der Waals surface area contributed by atoms with E-state index in [-0.39, 0.29) is 11.8 Å². The maximum absolute atomic E-state index is 12.6. The second-order valence-electron chi connectivity index (χ2n) is 5.67. The number of H-pyrrole nitrogens is 1. The maximum atomic E-state index is 12.6. The van der Waals surface area contributed by atoms with Crippen LogP contribution < -0.4 is 15.4 Å². The number of methoxy groups -OCH3 is 1. The number of benzene rings is 2. The van der Waals surface area contributed by atoms with E-state index in [9.17, 15) is 9.59 Å². The highest BCUT2D eigenvalue weighted by molar-refractivity contribution is 6.11. The Morgan fingerprint density at radius 1 is 1.12 bits per heavy atom. The van der Waals surface area contributed by atoms with Gasteiger partial charge in [0.1, 0.15) is 5.75 Å². The maximum Gasteiger partial charge on any atom is 0.276 e. The van der Waals surface area contributed by atoms with Gasteiger partial charge in [-0.15, -0.1) is 0 Å². The Morgan fingerprint density at radius 3 is 2.64 bits per heavy atom. The van der Waals surface area contributed by atoms with Crippen LogP contribution in [0.1, 0.15) is 23.0 Å². The van der Waals surface area contributed by atoms with Crippen LogP contribution in [0.25, 0.3) is 10.9 Å². The van der Waals surface area contributed by atoms with Gasteiger partial charge in [0.15, 0.2) is 5.69 Å². The number of ether oxygens (including phenoxy) is 1. The molecule has 0 unspecified atom stereocenters. The number of amides is 2. The first kappa shape index (κ1) is 16.5. The summed E-state index contributed by atoms with van der Waals surface area (Å²) in [5.41, 5.74) is 3.16. The molecule has 0 aliphatic heterocycles. The van der Waals surface area contributed by atoms with E-state index in [1.165, 1.54) is 14.0 Å². The Hall–Kier alpha value is -3.35. The number of hydrogen-bond acceptors (Lipinski definition) is 4. The average Bonchev–Trinajstić information content (AvgIpc) is 2.97. The molecule has 1 aromatic heterocycles. The molecule has 3 aromatic rings. The van der Waals surface area contributed by atoms with Gasteiger partial charge in [0.25, 0.3) is 5.91 Å². The van der Waals surface area contributed by atoms with Crippen LogP contribution in [0.5, 0.6) is 5.75 Å². The zero-order valence-corrected chi connectivity index (χ0v) is 14.1. The predicted molar refractivity (Wildman–Crippen MR) is 96.1 cm³/mol. The van der Waals surface area contributed by atoms with Crippen molar-refractivity contribution in [3.05, 3.63) is 47.7 Å². The number of anilines is 2. The van der Waals surface area contributed by atoms with E-state index < -0.39 is 0 Å². The molecule has 128 valence electrons. The van der Waals surface area contributed by atoms with Gasteiger partial charge in [-0.1, -0.05) is 11.6 Å². The molecule has 2 aromatic carbocycles. The number of nitrogens with one attached hydrogen (secondary N) is 3. The lowest BCUT2D eigenvalue weighted by Gasteiger charge is -2.11. The third-order valence-corrected chi connectivity index (χ3v) is 3.70. The molecule has 0 saturated heterocycles. The van der Waals surface area contributed by atoms with Gasteiger partial charge in [-0.25, -0.2) is 0 Å². The molecule has 7 nitrogen and oxygen atoms in total. The van der Waals surface area contributed by atoms with E-state index in [2.05, 4.69) is 20.8 Å². The van der Waals surface area contributed by atoms with Crippen LogP contribution in [-0.4, -0.2) is 29.1 Å². The predicted octanol–water partition coefficient (Wildman–Crippen LogP) is 3.09. The molecule has 2 amide bonds. The summed E-state index contributed by atoms with van der Waals surface area (Å²) in [5.74, 6) is -0.0552. The molecule has 0 atom stereocenters. The van der Waals surface area contributed by atoms with Crippen LogP contribution >= 0.6 is 0 Å². The summed E-state index contributed by atoms with van der Waals surface area (Å²) < 4.78 is 5.20. The van der Waals surface area contributed by atoms with Gasteiger partial charge in [0, 0.05) is 18.0 Å². The van der Waals surface area contributed by atoms with Crippen molar-refractivity contribution in [2.24, 2.45) is 0 Å². The number of aryl methyl sites for hydroxylation is 1. The molecule has 0 radical (unpaired) electrons. The first-order chi connectivity index (χ1) is 12.0. The number of nitrogens with zero attached hydrogens (tertiary/aromatic N) is 1. The summed E-state index contributed by atoms with van der Waals surface area (Å²) in [6, 6.07) is 10.8. The van der Waals surface area contributed by atoms with E-state index in [0.29, 0.717) is 22.8 Å². The minimum Gasteiger partial charge on any atom is -0.495 e. The SMILES string of the molecule is COc1ccc(NC(=O)c2n[nH]c3ccc(C)cc23)cc1NC(C)=O. The molecule has 0 fully saturated rings. The van der Waals surface area contributed by atoms with Crippen LogP contribution in [0.15, 0.2) is 36.4 Å². The molecule has 0 saturated carbocycles. The fraction of sp³-hybridized carbons (Fsp3) is 0.167. The van der Waals surface area contributed by atoms with Crippen LogP contribution in [0.3, 0.4) is 0 Å². The quantitative estimate of drug-likeness (QED) is 0.681.